The summed E-state index contributed by atoms with van der Waals surface area (Å²) in [7, 11) is 0. The number of para-hydroxylation sites is 1. The lowest BCUT2D eigenvalue weighted by atomic mass is 10.1. The fourth-order valence-electron chi connectivity index (χ4n) is 3.87. The van der Waals surface area contributed by atoms with E-state index in [9.17, 15) is 9.18 Å². The Morgan fingerprint density at radius 1 is 1.03 bits per heavy atom. The van der Waals surface area contributed by atoms with Crippen molar-refractivity contribution in [3.05, 3.63) is 90.1 Å². The van der Waals surface area contributed by atoms with Crippen LogP contribution in [0.1, 0.15) is 22.2 Å². The minimum Gasteiger partial charge on any atom is -0.463 e. The van der Waals surface area contributed by atoms with Crippen LogP contribution in [0.2, 0.25) is 0 Å². The molecule has 0 saturated carbocycles. The highest BCUT2D eigenvalue weighted by Gasteiger charge is 2.31. The van der Waals surface area contributed by atoms with Gasteiger partial charge in [0.05, 0.1) is 39.0 Å². The fourth-order valence-corrected chi connectivity index (χ4v) is 3.87. The van der Waals surface area contributed by atoms with E-state index in [0.29, 0.717) is 12.1 Å². The van der Waals surface area contributed by atoms with E-state index in [1.165, 1.54) is 34.9 Å². The maximum absolute atomic E-state index is 13.1. The molecule has 1 fully saturated rings. The molecule has 0 radical (unpaired) electrons. The lowest BCUT2D eigenvalue weighted by Gasteiger charge is -2.37. The van der Waals surface area contributed by atoms with Gasteiger partial charge in [-0.15, -0.1) is 0 Å². The maximum Gasteiger partial charge on any atom is 0.251 e. The molecule has 1 saturated heterocycles. The van der Waals surface area contributed by atoms with Crippen molar-refractivity contribution in [1.82, 2.24) is 5.32 Å². The summed E-state index contributed by atoms with van der Waals surface area (Å²) in [6.07, 6.45) is 1.67. The van der Waals surface area contributed by atoms with Crippen molar-refractivity contribution in [2.24, 2.45) is 0 Å². The first-order valence-electron chi connectivity index (χ1n) is 9.92. The van der Waals surface area contributed by atoms with E-state index < -0.39 is 0 Å². The third kappa shape index (κ3) is 4.66. The van der Waals surface area contributed by atoms with Gasteiger partial charge in [-0.2, -0.15) is 0 Å². The normalized spacial score (nSPS) is 15.8. The summed E-state index contributed by atoms with van der Waals surface area (Å²) in [6, 6.07) is 19.9. The topological polar surface area (TPSA) is 49.9 Å². The van der Waals surface area contributed by atoms with Gasteiger partial charge in [-0.25, -0.2) is 4.39 Å². The van der Waals surface area contributed by atoms with Crippen LogP contribution in [0.5, 0.6) is 0 Å². The van der Waals surface area contributed by atoms with E-state index in [1.807, 2.05) is 18.2 Å². The molecule has 1 aliphatic heterocycles. The van der Waals surface area contributed by atoms with Crippen molar-refractivity contribution >= 4 is 11.6 Å². The van der Waals surface area contributed by atoms with Gasteiger partial charge in [-0.1, -0.05) is 18.2 Å². The van der Waals surface area contributed by atoms with Gasteiger partial charge in [-0.05, 0) is 48.5 Å². The number of carbonyl (C=O) groups excluding carboxylic acids is 1. The maximum atomic E-state index is 13.1. The van der Waals surface area contributed by atoms with Crippen molar-refractivity contribution in [3.8, 4) is 0 Å². The number of halogens is 1. The van der Waals surface area contributed by atoms with Crippen molar-refractivity contribution < 1.29 is 18.5 Å². The van der Waals surface area contributed by atoms with Crippen LogP contribution in [0.15, 0.2) is 77.4 Å². The molecule has 150 valence electrons. The van der Waals surface area contributed by atoms with Gasteiger partial charge < -0.3 is 19.5 Å². The van der Waals surface area contributed by atoms with Crippen LogP contribution in [0.3, 0.4) is 0 Å². The molecule has 2 N–H and O–H groups in total. The number of benzene rings is 2. The number of piperazine rings is 1. The van der Waals surface area contributed by atoms with Crippen LogP contribution in [0, 0.1) is 5.82 Å². The summed E-state index contributed by atoms with van der Waals surface area (Å²) < 4.78 is 18.8. The summed E-state index contributed by atoms with van der Waals surface area (Å²) in [5.74, 6) is 0.312. The SMILES string of the molecule is O=C(NC[C@@H](c1ccco1)[NH+]1CCN(c2ccccc2)CC1)c1ccc(F)cc1. The van der Waals surface area contributed by atoms with E-state index in [1.54, 1.807) is 6.26 Å². The molecule has 1 aromatic heterocycles. The predicted octanol–water partition coefficient (Wildman–Crippen LogP) is 2.29. The summed E-state index contributed by atoms with van der Waals surface area (Å²) in [6.45, 7) is 4.26. The van der Waals surface area contributed by atoms with E-state index in [0.717, 1.165) is 31.9 Å². The van der Waals surface area contributed by atoms with E-state index in [4.69, 9.17) is 4.42 Å². The molecule has 3 aromatic rings. The first-order valence-corrected chi connectivity index (χ1v) is 9.92. The number of nitrogens with one attached hydrogen (secondary N) is 2. The van der Waals surface area contributed by atoms with Crippen LogP contribution in [-0.4, -0.2) is 38.6 Å². The zero-order valence-corrected chi connectivity index (χ0v) is 16.2. The van der Waals surface area contributed by atoms with Crippen LogP contribution < -0.4 is 15.1 Å². The number of anilines is 1. The van der Waals surface area contributed by atoms with Gasteiger partial charge in [0.2, 0.25) is 0 Å². The van der Waals surface area contributed by atoms with Crippen molar-refractivity contribution in [2.45, 2.75) is 6.04 Å². The third-order valence-electron chi connectivity index (χ3n) is 5.48. The summed E-state index contributed by atoms with van der Waals surface area (Å²) in [4.78, 5) is 16.2. The van der Waals surface area contributed by atoms with Gasteiger partial charge in [0, 0.05) is 11.3 Å². The second-order valence-electron chi connectivity index (χ2n) is 7.27. The molecule has 29 heavy (non-hydrogen) atoms. The Balaban J connectivity index is 1.40. The van der Waals surface area contributed by atoms with Gasteiger partial charge in [0.15, 0.2) is 11.8 Å². The molecular weight excluding hydrogens is 369 g/mol. The van der Waals surface area contributed by atoms with Crippen LogP contribution in [0.4, 0.5) is 10.1 Å². The molecule has 2 aromatic carbocycles. The van der Waals surface area contributed by atoms with E-state index in [-0.39, 0.29) is 17.8 Å². The van der Waals surface area contributed by atoms with Gasteiger partial charge in [0.25, 0.3) is 5.91 Å². The molecule has 0 spiro atoms. The number of amides is 1. The minimum absolute atomic E-state index is 0.0346. The molecular formula is C23H25FN3O2+. The van der Waals surface area contributed by atoms with Crippen LogP contribution in [-0.2, 0) is 0 Å². The minimum atomic E-state index is -0.351. The molecule has 5 nitrogen and oxygen atoms in total. The average molecular weight is 394 g/mol. The predicted molar refractivity (Wildman–Crippen MR) is 110 cm³/mol. The van der Waals surface area contributed by atoms with Crippen molar-refractivity contribution in [3.63, 3.8) is 0 Å². The molecule has 0 aliphatic carbocycles. The molecule has 0 bridgehead atoms. The second kappa shape index (κ2) is 8.92. The summed E-state index contributed by atoms with van der Waals surface area (Å²) in [5.41, 5.74) is 1.69. The van der Waals surface area contributed by atoms with Crippen LogP contribution >= 0.6 is 0 Å². The Labute approximate surface area is 169 Å². The highest BCUT2D eigenvalue weighted by molar-refractivity contribution is 5.94. The molecule has 1 aliphatic rings. The Morgan fingerprint density at radius 3 is 2.41 bits per heavy atom. The Hall–Kier alpha value is -3.12. The summed E-state index contributed by atoms with van der Waals surface area (Å²) >= 11 is 0. The van der Waals surface area contributed by atoms with E-state index in [2.05, 4.69) is 34.5 Å². The van der Waals surface area contributed by atoms with Gasteiger partial charge >= 0.3 is 0 Å². The highest BCUT2D eigenvalue weighted by Crippen LogP contribution is 2.15. The Kier molecular flexibility index (Phi) is 5.91. The van der Waals surface area contributed by atoms with E-state index >= 15 is 0 Å². The lowest BCUT2D eigenvalue weighted by Crippen LogP contribution is -3.15. The number of quaternary nitrogens is 1. The first kappa shape index (κ1) is 19.2. The molecule has 0 unspecified atom stereocenters. The number of nitrogens with zero attached hydrogens (tertiary/aromatic N) is 1. The van der Waals surface area contributed by atoms with Crippen molar-refractivity contribution in [1.29, 1.82) is 0 Å². The number of hydrogen-bond acceptors (Lipinski definition) is 3. The lowest BCUT2D eigenvalue weighted by molar-refractivity contribution is -0.932. The monoisotopic (exact) mass is 394 g/mol. The number of furan rings is 1. The Bertz CT molecular complexity index is 905. The molecule has 1 atom stereocenters. The number of hydrogen-bond donors (Lipinski definition) is 2. The second-order valence-corrected chi connectivity index (χ2v) is 7.27. The Morgan fingerprint density at radius 2 is 1.76 bits per heavy atom. The van der Waals surface area contributed by atoms with Gasteiger partial charge in [-0.3, -0.25) is 4.79 Å². The first-order chi connectivity index (χ1) is 14.2. The van der Waals surface area contributed by atoms with Gasteiger partial charge in [0.1, 0.15) is 5.82 Å². The molecule has 6 heteroatoms. The molecule has 2 heterocycles. The smallest absolute Gasteiger partial charge is 0.251 e. The molecule has 1 amide bonds. The number of rotatable bonds is 6. The standard InChI is InChI=1S/C23H24FN3O2/c24-19-10-8-18(9-11-19)23(28)25-17-21(22-7-4-16-29-22)27-14-12-26(13-15-27)20-5-2-1-3-6-20/h1-11,16,21H,12-15,17H2,(H,25,28)/p+1/t21-/m0/s1. The largest absolute Gasteiger partial charge is 0.463 e. The highest BCUT2D eigenvalue weighted by atomic mass is 19.1. The summed E-state index contributed by atoms with van der Waals surface area (Å²) in [5, 5.41) is 2.99. The zero-order chi connectivity index (χ0) is 20.1. The number of carbonyl (C=O) groups is 1. The molecule has 4 rings (SSSR count). The third-order valence-corrected chi connectivity index (χ3v) is 5.48. The average Bonchev–Trinajstić information content (AvgIpc) is 3.30. The van der Waals surface area contributed by atoms with Crippen molar-refractivity contribution in [2.75, 3.05) is 37.6 Å². The fraction of sp³-hybridized carbons (Fsp3) is 0.261. The quantitative estimate of drug-likeness (QED) is 0.675. The zero-order valence-electron chi connectivity index (χ0n) is 16.2. The van der Waals surface area contributed by atoms with Crippen LogP contribution in [0.25, 0.3) is 0 Å².